The van der Waals surface area contributed by atoms with Crippen molar-refractivity contribution < 1.29 is 38.4 Å². The first-order valence-corrected chi connectivity index (χ1v) is 9.13. The van der Waals surface area contributed by atoms with Gasteiger partial charge >= 0.3 is 11.9 Å². The summed E-state index contributed by atoms with van der Waals surface area (Å²) in [7, 11) is 1.55. The van der Waals surface area contributed by atoms with E-state index in [1.807, 2.05) is 0 Å². The molecule has 2 aliphatic rings. The lowest BCUT2D eigenvalue weighted by atomic mass is 10.1. The molecule has 0 radical (unpaired) electrons. The number of phenols is 1. The number of fused-ring (bicyclic) bond motifs is 1. The van der Waals surface area contributed by atoms with Crippen LogP contribution in [0.25, 0.3) is 0 Å². The van der Waals surface area contributed by atoms with Gasteiger partial charge in [-0.25, -0.2) is 9.59 Å². The summed E-state index contributed by atoms with van der Waals surface area (Å²) in [5.41, 5.74) is 0.703. The highest BCUT2D eigenvalue weighted by Crippen LogP contribution is 2.31. The summed E-state index contributed by atoms with van der Waals surface area (Å²) in [5, 5.41) is 9.32. The Bertz CT molecular complexity index is 877. The zero-order valence-corrected chi connectivity index (χ0v) is 15.6. The Morgan fingerprint density at radius 2 is 1.28 bits per heavy atom. The van der Waals surface area contributed by atoms with Gasteiger partial charge in [-0.15, -0.1) is 0 Å². The Labute approximate surface area is 166 Å². The van der Waals surface area contributed by atoms with Crippen LogP contribution in [0, 0.1) is 0 Å². The molecule has 2 aliphatic heterocycles. The minimum atomic E-state index is -0.606. The van der Waals surface area contributed by atoms with Crippen LogP contribution in [-0.4, -0.2) is 61.8 Å². The molecule has 0 saturated carbocycles. The van der Waals surface area contributed by atoms with E-state index in [0.717, 1.165) is 0 Å². The van der Waals surface area contributed by atoms with Crippen molar-refractivity contribution in [3.63, 3.8) is 0 Å². The van der Waals surface area contributed by atoms with Gasteiger partial charge in [0, 0.05) is 0 Å². The Balaban J connectivity index is 1.35. The summed E-state index contributed by atoms with van der Waals surface area (Å²) in [6.07, 6.45) is -2.21. The second kappa shape index (κ2) is 8.10. The van der Waals surface area contributed by atoms with Crippen molar-refractivity contribution in [2.24, 2.45) is 0 Å². The fraction of sp³-hybridized carbons (Fsp3) is 0.333. The van der Waals surface area contributed by atoms with Gasteiger partial charge in [0.05, 0.1) is 31.5 Å². The summed E-state index contributed by atoms with van der Waals surface area (Å²) in [6, 6.07) is 12.3. The maximum absolute atomic E-state index is 12.4. The molecule has 2 fully saturated rings. The molecule has 2 saturated heterocycles. The van der Waals surface area contributed by atoms with Gasteiger partial charge in [-0.1, -0.05) is 0 Å². The first kappa shape index (κ1) is 19.2. The molecule has 4 rings (SSSR count). The van der Waals surface area contributed by atoms with E-state index in [9.17, 15) is 14.7 Å². The largest absolute Gasteiger partial charge is 0.508 e. The average molecular weight is 400 g/mol. The van der Waals surface area contributed by atoms with Crippen LogP contribution in [0.2, 0.25) is 0 Å². The lowest BCUT2D eigenvalue weighted by Gasteiger charge is -2.17. The van der Waals surface area contributed by atoms with Crippen molar-refractivity contribution in [1.82, 2.24) is 0 Å². The van der Waals surface area contributed by atoms with Crippen LogP contribution in [-0.2, 0) is 18.9 Å². The van der Waals surface area contributed by atoms with Gasteiger partial charge in [-0.3, -0.25) is 0 Å². The van der Waals surface area contributed by atoms with Crippen molar-refractivity contribution in [1.29, 1.82) is 0 Å². The first-order chi connectivity index (χ1) is 14.0. The number of benzene rings is 2. The monoisotopic (exact) mass is 400 g/mol. The lowest BCUT2D eigenvalue weighted by molar-refractivity contribution is -0.0287. The molecule has 1 N–H and O–H groups in total. The molecule has 0 amide bonds. The number of methoxy groups -OCH3 is 1. The summed E-state index contributed by atoms with van der Waals surface area (Å²) < 4.78 is 27.5. The predicted octanol–water partition coefficient (Wildman–Crippen LogP) is 1.95. The molecule has 2 heterocycles. The van der Waals surface area contributed by atoms with Crippen LogP contribution >= 0.6 is 0 Å². The quantitative estimate of drug-likeness (QED) is 0.760. The number of aromatic hydroxyl groups is 1. The summed E-state index contributed by atoms with van der Waals surface area (Å²) in [6.45, 7) is 0.306. The maximum atomic E-state index is 12.4. The highest BCUT2D eigenvalue weighted by molar-refractivity contribution is 5.90. The third-order valence-corrected chi connectivity index (χ3v) is 4.91. The zero-order chi connectivity index (χ0) is 20.4. The minimum absolute atomic E-state index is 0.0615. The Hall–Kier alpha value is -3.10. The molecule has 4 atom stereocenters. The fourth-order valence-corrected chi connectivity index (χ4v) is 3.37. The van der Waals surface area contributed by atoms with Gasteiger partial charge in [-0.05, 0) is 48.5 Å². The summed E-state index contributed by atoms with van der Waals surface area (Å²) >= 11 is 0. The topological polar surface area (TPSA) is 101 Å². The Kier molecular flexibility index (Phi) is 5.37. The zero-order valence-electron chi connectivity index (χ0n) is 15.6. The highest BCUT2D eigenvalue weighted by Gasteiger charge is 2.51. The van der Waals surface area contributed by atoms with Crippen molar-refractivity contribution in [3.8, 4) is 11.5 Å². The smallest absolute Gasteiger partial charge is 0.338 e. The van der Waals surface area contributed by atoms with E-state index < -0.39 is 36.4 Å². The fourth-order valence-electron chi connectivity index (χ4n) is 3.37. The SMILES string of the molecule is COc1ccc(C(=O)O[C@H]2CO[C@H]3[C@@H]2OC[C@H]3OC(=O)c2ccc(O)cc2)cc1. The molecule has 2 aromatic rings. The van der Waals surface area contributed by atoms with E-state index in [0.29, 0.717) is 16.9 Å². The molecule has 0 bridgehead atoms. The van der Waals surface area contributed by atoms with E-state index in [4.69, 9.17) is 23.7 Å². The molecule has 0 unspecified atom stereocenters. The van der Waals surface area contributed by atoms with Crippen molar-refractivity contribution in [2.45, 2.75) is 24.4 Å². The van der Waals surface area contributed by atoms with Crippen LogP contribution < -0.4 is 4.74 Å². The normalized spacial score (nSPS) is 25.3. The number of hydrogen-bond donors (Lipinski definition) is 1. The molecule has 8 nitrogen and oxygen atoms in total. The molecule has 0 spiro atoms. The van der Waals surface area contributed by atoms with Crippen LogP contribution in [0.4, 0.5) is 0 Å². The van der Waals surface area contributed by atoms with E-state index in [1.54, 1.807) is 31.4 Å². The number of rotatable bonds is 5. The van der Waals surface area contributed by atoms with E-state index >= 15 is 0 Å². The van der Waals surface area contributed by atoms with Crippen LogP contribution in [0.3, 0.4) is 0 Å². The van der Waals surface area contributed by atoms with Crippen LogP contribution in [0.1, 0.15) is 20.7 Å². The van der Waals surface area contributed by atoms with Crippen molar-refractivity contribution >= 4 is 11.9 Å². The van der Waals surface area contributed by atoms with E-state index in [-0.39, 0.29) is 19.0 Å². The number of phenolic OH excluding ortho intramolecular Hbond substituents is 1. The third kappa shape index (κ3) is 4.03. The van der Waals surface area contributed by atoms with Gasteiger partial charge < -0.3 is 28.8 Å². The minimum Gasteiger partial charge on any atom is -0.508 e. The molecule has 0 aromatic heterocycles. The number of carbonyl (C=O) groups excluding carboxylic acids is 2. The molecule has 2 aromatic carbocycles. The molecular formula is C21H20O8. The molecular weight excluding hydrogens is 380 g/mol. The standard InChI is InChI=1S/C21H20O8/c1-25-15-8-4-13(5-9-15)21(24)29-17-11-27-18-16(10-26-19(17)18)28-20(23)12-2-6-14(22)7-3-12/h2-9,16-19,22H,10-11H2,1H3/t16-,17+,18-,19-/m1/s1. The Morgan fingerprint density at radius 1 is 0.828 bits per heavy atom. The second-order valence-corrected chi connectivity index (χ2v) is 6.76. The van der Waals surface area contributed by atoms with Crippen LogP contribution in [0.15, 0.2) is 48.5 Å². The van der Waals surface area contributed by atoms with Gasteiger partial charge in [0.25, 0.3) is 0 Å². The molecule has 8 heteroatoms. The first-order valence-electron chi connectivity index (χ1n) is 9.13. The maximum Gasteiger partial charge on any atom is 0.338 e. The number of carbonyl (C=O) groups is 2. The number of esters is 2. The molecule has 29 heavy (non-hydrogen) atoms. The van der Waals surface area contributed by atoms with Gasteiger partial charge in [-0.2, -0.15) is 0 Å². The molecule has 152 valence electrons. The van der Waals surface area contributed by atoms with Crippen LogP contribution in [0.5, 0.6) is 11.5 Å². The van der Waals surface area contributed by atoms with Crippen molar-refractivity contribution in [3.05, 3.63) is 59.7 Å². The van der Waals surface area contributed by atoms with E-state index in [2.05, 4.69) is 0 Å². The average Bonchev–Trinajstić information content (AvgIpc) is 3.32. The van der Waals surface area contributed by atoms with Gasteiger partial charge in [0.1, 0.15) is 23.7 Å². The van der Waals surface area contributed by atoms with Gasteiger partial charge in [0.15, 0.2) is 12.2 Å². The molecule has 0 aliphatic carbocycles. The Morgan fingerprint density at radius 3 is 1.72 bits per heavy atom. The number of hydrogen-bond acceptors (Lipinski definition) is 8. The summed E-state index contributed by atoms with van der Waals surface area (Å²) in [5.74, 6) is -0.328. The summed E-state index contributed by atoms with van der Waals surface area (Å²) in [4.78, 5) is 24.7. The van der Waals surface area contributed by atoms with Gasteiger partial charge in [0.2, 0.25) is 0 Å². The second-order valence-electron chi connectivity index (χ2n) is 6.76. The highest BCUT2D eigenvalue weighted by atomic mass is 16.7. The van der Waals surface area contributed by atoms with Crippen molar-refractivity contribution in [2.75, 3.05) is 20.3 Å². The predicted molar refractivity (Wildman–Crippen MR) is 99.0 cm³/mol. The third-order valence-electron chi connectivity index (χ3n) is 4.91. The lowest BCUT2D eigenvalue weighted by Crippen LogP contribution is -2.36. The number of ether oxygens (including phenoxy) is 5. The van der Waals surface area contributed by atoms with E-state index in [1.165, 1.54) is 24.3 Å².